The van der Waals surface area contributed by atoms with Gasteiger partial charge in [-0.25, -0.2) is 22.8 Å². The van der Waals surface area contributed by atoms with Crippen LogP contribution in [0.25, 0.3) is 0 Å². The summed E-state index contributed by atoms with van der Waals surface area (Å²) in [7, 11) is 0. The summed E-state index contributed by atoms with van der Waals surface area (Å²) in [6, 6.07) is 1.33. The minimum atomic E-state index is -1.68. The molecule has 0 bridgehead atoms. The van der Waals surface area contributed by atoms with Crippen LogP contribution in [0.2, 0.25) is 0 Å². The van der Waals surface area contributed by atoms with Crippen LogP contribution in [0.3, 0.4) is 0 Å². The zero-order chi connectivity index (χ0) is 18.7. The molecule has 25 heavy (non-hydrogen) atoms. The van der Waals surface area contributed by atoms with Gasteiger partial charge in [0.15, 0.2) is 17.5 Å². The SMILES string of the molecule is CCOC(=O)C(=C(CC)C(=O)O)N(c1ccc(F)c(F)c1F)C1CC1. The molecule has 0 aromatic heterocycles. The van der Waals surface area contributed by atoms with E-state index in [0.29, 0.717) is 12.8 Å². The molecule has 136 valence electrons. The highest BCUT2D eigenvalue weighted by Crippen LogP contribution is 2.38. The van der Waals surface area contributed by atoms with E-state index in [1.807, 2.05) is 0 Å². The molecular weight excluding hydrogens is 339 g/mol. The van der Waals surface area contributed by atoms with E-state index >= 15 is 0 Å². The predicted octanol–water partition coefficient (Wildman–Crippen LogP) is 3.38. The average molecular weight is 357 g/mol. The van der Waals surface area contributed by atoms with Gasteiger partial charge < -0.3 is 14.7 Å². The number of esters is 1. The van der Waals surface area contributed by atoms with Crippen LogP contribution in [0.4, 0.5) is 18.9 Å². The highest BCUT2D eigenvalue weighted by atomic mass is 19.2. The largest absolute Gasteiger partial charge is 0.478 e. The summed E-state index contributed by atoms with van der Waals surface area (Å²) in [6.45, 7) is 3.05. The molecular formula is C17H18F3NO4. The first-order valence-corrected chi connectivity index (χ1v) is 7.89. The van der Waals surface area contributed by atoms with Crippen molar-refractivity contribution in [2.45, 2.75) is 39.2 Å². The second-order valence-electron chi connectivity index (χ2n) is 5.50. The normalized spacial score (nSPS) is 14.8. The van der Waals surface area contributed by atoms with Crippen LogP contribution in [0, 0.1) is 17.5 Å². The molecule has 2 rings (SSSR count). The molecule has 1 aromatic rings. The molecule has 1 aliphatic rings. The standard InChI is InChI=1S/C17H18F3NO4/c1-3-10(16(22)23)15(17(24)25-4-2)21(9-5-6-9)12-8-7-11(18)13(19)14(12)20/h7-9H,3-6H2,1-2H3,(H,22,23). The summed E-state index contributed by atoms with van der Waals surface area (Å²) in [4.78, 5) is 25.0. The molecule has 0 amide bonds. The van der Waals surface area contributed by atoms with E-state index in [0.717, 1.165) is 17.0 Å². The number of carboxylic acids is 1. The lowest BCUT2D eigenvalue weighted by Gasteiger charge is -2.28. The second kappa shape index (κ2) is 7.58. The fraction of sp³-hybridized carbons (Fsp3) is 0.412. The zero-order valence-electron chi connectivity index (χ0n) is 13.8. The fourth-order valence-corrected chi connectivity index (χ4v) is 2.52. The summed E-state index contributed by atoms with van der Waals surface area (Å²) in [5, 5.41) is 9.41. The van der Waals surface area contributed by atoms with Gasteiger partial charge in [0.1, 0.15) is 5.70 Å². The number of rotatable bonds is 7. The number of ether oxygens (including phenoxy) is 1. The van der Waals surface area contributed by atoms with Gasteiger partial charge in [0.2, 0.25) is 0 Å². The highest BCUT2D eigenvalue weighted by Gasteiger charge is 2.39. The van der Waals surface area contributed by atoms with Crippen molar-refractivity contribution >= 4 is 17.6 Å². The number of hydrogen-bond acceptors (Lipinski definition) is 4. The Balaban J connectivity index is 2.68. The van der Waals surface area contributed by atoms with Crippen LogP contribution >= 0.6 is 0 Å². The Morgan fingerprint density at radius 1 is 1.20 bits per heavy atom. The molecule has 1 saturated carbocycles. The fourth-order valence-electron chi connectivity index (χ4n) is 2.52. The summed E-state index contributed by atoms with van der Waals surface area (Å²) in [6.07, 6.45) is 1.08. The number of nitrogens with zero attached hydrogens (tertiary/aromatic N) is 1. The van der Waals surface area contributed by atoms with Crippen LogP contribution in [0.5, 0.6) is 0 Å². The molecule has 5 nitrogen and oxygen atoms in total. The molecule has 0 unspecified atom stereocenters. The number of carbonyl (C=O) groups excluding carboxylic acids is 1. The zero-order valence-corrected chi connectivity index (χ0v) is 13.8. The Labute approximate surface area is 142 Å². The molecule has 0 atom stereocenters. The predicted molar refractivity (Wildman–Crippen MR) is 83.4 cm³/mol. The average Bonchev–Trinajstić information content (AvgIpc) is 3.38. The summed E-state index contributed by atoms with van der Waals surface area (Å²) >= 11 is 0. The van der Waals surface area contributed by atoms with E-state index in [1.165, 1.54) is 6.92 Å². The lowest BCUT2D eigenvalue weighted by atomic mass is 10.1. The number of benzene rings is 1. The van der Waals surface area contributed by atoms with Gasteiger partial charge in [0.05, 0.1) is 17.9 Å². The van der Waals surface area contributed by atoms with Crippen LogP contribution in [0.15, 0.2) is 23.4 Å². The Kier molecular flexibility index (Phi) is 5.71. The third kappa shape index (κ3) is 3.78. The third-order valence-corrected chi connectivity index (χ3v) is 3.79. The van der Waals surface area contributed by atoms with Crippen molar-refractivity contribution < 1.29 is 32.6 Å². The quantitative estimate of drug-likeness (QED) is 0.460. The maximum atomic E-state index is 14.3. The van der Waals surface area contributed by atoms with E-state index in [9.17, 15) is 27.9 Å². The van der Waals surface area contributed by atoms with E-state index in [2.05, 4.69) is 0 Å². The Morgan fingerprint density at radius 3 is 2.32 bits per heavy atom. The summed E-state index contributed by atoms with van der Waals surface area (Å²) in [5.41, 5.74) is -1.03. The third-order valence-electron chi connectivity index (χ3n) is 3.79. The second-order valence-corrected chi connectivity index (χ2v) is 5.50. The first-order chi connectivity index (χ1) is 11.8. The van der Waals surface area contributed by atoms with E-state index in [4.69, 9.17) is 4.74 Å². The van der Waals surface area contributed by atoms with Crippen LogP contribution in [-0.4, -0.2) is 29.7 Å². The molecule has 1 aromatic carbocycles. The van der Waals surface area contributed by atoms with Crippen molar-refractivity contribution in [3.05, 3.63) is 40.9 Å². The lowest BCUT2D eigenvalue weighted by molar-refractivity contribution is -0.140. The van der Waals surface area contributed by atoms with Crippen molar-refractivity contribution in [2.75, 3.05) is 11.5 Å². The number of carboxylic acid groups (broad SMARTS) is 1. The Hall–Kier alpha value is -2.51. The molecule has 1 aliphatic carbocycles. The van der Waals surface area contributed by atoms with Gasteiger partial charge in [-0.05, 0) is 38.3 Å². The van der Waals surface area contributed by atoms with Crippen molar-refractivity contribution in [1.82, 2.24) is 0 Å². The van der Waals surface area contributed by atoms with Crippen molar-refractivity contribution in [2.24, 2.45) is 0 Å². The first kappa shape index (κ1) is 18.8. The maximum Gasteiger partial charge on any atom is 0.355 e. The molecule has 1 N–H and O–H groups in total. The topological polar surface area (TPSA) is 66.8 Å². The smallest absolute Gasteiger partial charge is 0.355 e. The van der Waals surface area contributed by atoms with Gasteiger partial charge in [0, 0.05) is 6.04 Å². The van der Waals surface area contributed by atoms with Crippen molar-refractivity contribution in [1.29, 1.82) is 0 Å². The molecule has 1 fully saturated rings. The molecule has 0 radical (unpaired) electrons. The number of aliphatic carboxylic acids is 1. The van der Waals surface area contributed by atoms with Gasteiger partial charge in [0.25, 0.3) is 0 Å². The maximum absolute atomic E-state index is 14.3. The number of halogens is 3. The molecule has 0 heterocycles. The number of hydrogen-bond donors (Lipinski definition) is 1. The van der Waals surface area contributed by atoms with E-state index < -0.39 is 35.1 Å². The molecule has 0 aliphatic heterocycles. The molecule has 8 heteroatoms. The van der Waals surface area contributed by atoms with Gasteiger partial charge in [-0.2, -0.15) is 0 Å². The van der Waals surface area contributed by atoms with Crippen LogP contribution in [-0.2, 0) is 14.3 Å². The van der Waals surface area contributed by atoms with E-state index in [1.54, 1.807) is 6.92 Å². The van der Waals surface area contributed by atoms with Crippen molar-refractivity contribution in [3.63, 3.8) is 0 Å². The van der Waals surface area contributed by atoms with Gasteiger partial charge >= 0.3 is 11.9 Å². The summed E-state index contributed by atoms with van der Waals surface area (Å²) in [5.74, 6) is -6.83. The monoisotopic (exact) mass is 357 g/mol. The first-order valence-electron chi connectivity index (χ1n) is 7.89. The Morgan fingerprint density at radius 2 is 1.84 bits per heavy atom. The van der Waals surface area contributed by atoms with Crippen LogP contribution in [0.1, 0.15) is 33.1 Å². The molecule has 0 spiro atoms. The van der Waals surface area contributed by atoms with E-state index in [-0.39, 0.29) is 30.3 Å². The van der Waals surface area contributed by atoms with Crippen LogP contribution < -0.4 is 4.90 Å². The van der Waals surface area contributed by atoms with Gasteiger partial charge in [-0.3, -0.25) is 0 Å². The number of carbonyl (C=O) groups is 2. The van der Waals surface area contributed by atoms with Crippen molar-refractivity contribution in [3.8, 4) is 0 Å². The van der Waals surface area contributed by atoms with Gasteiger partial charge in [-0.15, -0.1) is 0 Å². The minimum absolute atomic E-state index is 0.0162. The minimum Gasteiger partial charge on any atom is -0.478 e. The number of anilines is 1. The lowest BCUT2D eigenvalue weighted by Crippen LogP contribution is -2.34. The molecule has 0 saturated heterocycles. The summed E-state index contributed by atoms with van der Waals surface area (Å²) < 4.78 is 46.1. The van der Waals surface area contributed by atoms with Gasteiger partial charge in [-0.1, -0.05) is 6.92 Å². The highest BCUT2D eigenvalue weighted by molar-refractivity contribution is 6.02. The Bertz CT molecular complexity index is 729.